The minimum Gasteiger partial charge on any atom is -0.480 e. The van der Waals surface area contributed by atoms with Crippen molar-refractivity contribution in [3.63, 3.8) is 0 Å². The molecule has 11 heavy (non-hydrogen) atoms. The predicted molar refractivity (Wildman–Crippen MR) is 37.6 cm³/mol. The van der Waals surface area contributed by atoms with Crippen LogP contribution >= 0.6 is 0 Å². The maximum absolute atomic E-state index is 10.5. The van der Waals surface area contributed by atoms with Gasteiger partial charge in [-0.2, -0.15) is 8.42 Å². The molecule has 6 heteroatoms. The highest BCUT2D eigenvalue weighted by molar-refractivity contribution is 7.87. The normalized spacial score (nSPS) is 10.9. The first-order valence-electron chi connectivity index (χ1n) is 2.68. The van der Waals surface area contributed by atoms with E-state index >= 15 is 0 Å². The second-order valence-electron chi connectivity index (χ2n) is 1.67. The van der Waals surface area contributed by atoms with Crippen LogP contribution < -0.4 is 0 Å². The van der Waals surface area contributed by atoms with Crippen molar-refractivity contribution in [3.8, 4) is 0 Å². The van der Waals surface area contributed by atoms with Crippen molar-refractivity contribution in [1.29, 1.82) is 0 Å². The smallest absolute Gasteiger partial charge is 0.321 e. The van der Waals surface area contributed by atoms with Gasteiger partial charge in [0.1, 0.15) is 0 Å². The molecule has 0 aromatic carbocycles. The lowest BCUT2D eigenvalue weighted by atomic mass is 10.7. The van der Waals surface area contributed by atoms with Crippen LogP contribution in [0.2, 0.25) is 0 Å². The number of hydrogen-bond acceptors (Lipinski definition) is 4. The predicted octanol–water partition coefficient (Wildman–Crippen LogP) is -0.397. The Kier molecular flexibility index (Phi) is 3.77. The van der Waals surface area contributed by atoms with Gasteiger partial charge in [0.15, 0.2) is 5.75 Å². The first-order chi connectivity index (χ1) is 4.98. The highest BCUT2D eigenvalue weighted by Gasteiger charge is 2.14. The van der Waals surface area contributed by atoms with Gasteiger partial charge in [-0.15, -0.1) is 6.58 Å². The summed E-state index contributed by atoms with van der Waals surface area (Å²) >= 11 is 0. The van der Waals surface area contributed by atoms with Crippen molar-refractivity contribution in [1.82, 2.24) is 0 Å². The van der Waals surface area contributed by atoms with Crippen LogP contribution in [0.3, 0.4) is 0 Å². The molecule has 0 atom stereocenters. The van der Waals surface area contributed by atoms with Gasteiger partial charge >= 0.3 is 5.97 Å². The molecule has 0 aromatic rings. The fourth-order valence-corrected chi connectivity index (χ4v) is 1.03. The van der Waals surface area contributed by atoms with Crippen molar-refractivity contribution in [2.75, 3.05) is 12.4 Å². The van der Waals surface area contributed by atoms with Crippen molar-refractivity contribution in [2.45, 2.75) is 0 Å². The van der Waals surface area contributed by atoms with E-state index in [2.05, 4.69) is 10.8 Å². The van der Waals surface area contributed by atoms with Gasteiger partial charge in [0.25, 0.3) is 10.1 Å². The molecule has 0 saturated carbocycles. The molecule has 1 N–H and O–H groups in total. The first kappa shape index (κ1) is 10.1. The fraction of sp³-hybridized carbons (Fsp3) is 0.400. The van der Waals surface area contributed by atoms with Gasteiger partial charge in [-0.3, -0.25) is 8.98 Å². The maximum atomic E-state index is 10.5. The molecule has 0 heterocycles. The van der Waals surface area contributed by atoms with Gasteiger partial charge in [-0.25, -0.2) is 0 Å². The molecule has 64 valence electrons. The third-order valence-corrected chi connectivity index (χ3v) is 1.76. The summed E-state index contributed by atoms with van der Waals surface area (Å²) in [4.78, 5) is 9.89. The van der Waals surface area contributed by atoms with Gasteiger partial charge in [-0.05, 0) is 0 Å². The van der Waals surface area contributed by atoms with Crippen LogP contribution in [-0.4, -0.2) is 31.9 Å². The van der Waals surface area contributed by atoms with E-state index in [1.165, 1.54) is 6.08 Å². The summed E-state index contributed by atoms with van der Waals surface area (Å²) in [6.45, 7) is 3.01. The van der Waals surface area contributed by atoms with E-state index in [9.17, 15) is 13.2 Å². The topological polar surface area (TPSA) is 80.7 Å². The summed E-state index contributed by atoms with van der Waals surface area (Å²) in [6.07, 6.45) is 1.22. The molecule has 0 aliphatic rings. The Bertz CT molecular complexity index is 240. The third-order valence-electron chi connectivity index (χ3n) is 0.666. The van der Waals surface area contributed by atoms with E-state index in [-0.39, 0.29) is 6.61 Å². The molecule has 0 amide bonds. The number of carboxylic acid groups (broad SMARTS) is 1. The first-order valence-corrected chi connectivity index (χ1v) is 4.25. The standard InChI is InChI=1S/C5H8O5S/c1-2-3-10-11(8,9)4-5(6)7/h2H,1,3-4H2,(H,6,7). The van der Waals surface area contributed by atoms with E-state index in [1.54, 1.807) is 0 Å². The maximum Gasteiger partial charge on any atom is 0.321 e. The van der Waals surface area contributed by atoms with Crippen LogP contribution in [-0.2, 0) is 19.1 Å². The molecule has 0 aromatic heterocycles. The molecule has 0 radical (unpaired) electrons. The molecule has 0 saturated heterocycles. The zero-order valence-electron chi connectivity index (χ0n) is 5.69. The van der Waals surface area contributed by atoms with Crippen LogP contribution in [0.15, 0.2) is 12.7 Å². The molecule has 0 unspecified atom stereocenters. The second-order valence-corrected chi connectivity index (χ2v) is 3.31. The number of hydrogen-bond donors (Lipinski definition) is 1. The van der Waals surface area contributed by atoms with Gasteiger partial charge < -0.3 is 5.11 Å². The largest absolute Gasteiger partial charge is 0.480 e. The SMILES string of the molecule is C=CCOS(=O)(=O)CC(=O)O. The summed E-state index contributed by atoms with van der Waals surface area (Å²) in [7, 11) is -3.91. The minimum absolute atomic E-state index is 0.199. The van der Waals surface area contributed by atoms with Crippen LogP contribution in [0.5, 0.6) is 0 Å². The average molecular weight is 180 g/mol. The molecule has 0 fully saturated rings. The summed E-state index contributed by atoms with van der Waals surface area (Å²) in [5.41, 5.74) is 0. The van der Waals surface area contributed by atoms with E-state index < -0.39 is 21.8 Å². The van der Waals surface area contributed by atoms with Gasteiger partial charge in [-0.1, -0.05) is 6.08 Å². The Morgan fingerprint density at radius 1 is 1.64 bits per heavy atom. The van der Waals surface area contributed by atoms with Crippen LogP contribution in [0.1, 0.15) is 0 Å². The van der Waals surface area contributed by atoms with E-state index in [0.29, 0.717) is 0 Å². The lowest BCUT2D eigenvalue weighted by Crippen LogP contribution is -2.17. The van der Waals surface area contributed by atoms with E-state index in [4.69, 9.17) is 5.11 Å². The number of carbonyl (C=O) groups is 1. The monoisotopic (exact) mass is 180 g/mol. The van der Waals surface area contributed by atoms with Crippen molar-refractivity contribution in [2.24, 2.45) is 0 Å². The number of aliphatic carboxylic acids is 1. The Labute approximate surface area is 64.4 Å². The zero-order chi connectivity index (χ0) is 8.91. The fourth-order valence-electron chi connectivity index (χ4n) is 0.345. The molecule has 0 aliphatic heterocycles. The van der Waals surface area contributed by atoms with Gasteiger partial charge in [0.05, 0.1) is 6.61 Å². The quantitative estimate of drug-likeness (QED) is 0.460. The molecular formula is C5H8O5S. The minimum atomic E-state index is -3.91. The number of rotatable bonds is 5. The van der Waals surface area contributed by atoms with Crippen LogP contribution in [0, 0.1) is 0 Å². The van der Waals surface area contributed by atoms with Gasteiger partial charge in [0.2, 0.25) is 0 Å². The molecule has 0 aliphatic carbocycles. The zero-order valence-corrected chi connectivity index (χ0v) is 6.50. The average Bonchev–Trinajstić information content (AvgIpc) is 1.81. The molecule has 5 nitrogen and oxygen atoms in total. The Morgan fingerprint density at radius 2 is 2.18 bits per heavy atom. The summed E-state index contributed by atoms with van der Waals surface area (Å²) in [5.74, 6) is -2.45. The van der Waals surface area contributed by atoms with Crippen molar-refractivity contribution < 1.29 is 22.5 Å². The van der Waals surface area contributed by atoms with Crippen molar-refractivity contribution >= 4 is 16.1 Å². The lowest BCUT2D eigenvalue weighted by molar-refractivity contribution is -0.134. The highest BCUT2D eigenvalue weighted by atomic mass is 32.2. The Morgan fingerprint density at radius 3 is 2.55 bits per heavy atom. The molecular weight excluding hydrogens is 172 g/mol. The summed E-state index contributed by atoms with van der Waals surface area (Å²) in [5, 5.41) is 8.06. The van der Waals surface area contributed by atoms with Gasteiger partial charge in [0, 0.05) is 0 Å². The molecule has 0 rings (SSSR count). The molecule has 0 spiro atoms. The summed E-state index contributed by atoms with van der Waals surface area (Å²) < 4.78 is 25.3. The second kappa shape index (κ2) is 4.09. The van der Waals surface area contributed by atoms with E-state index in [0.717, 1.165) is 0 Å². The van der Waals surface area contributed by atoms with Crippen LogP contribution in [0.4, 0.5) is 0 Å². The molecule has 0 bridgehead atoms. The van der Waals surface area contributed by atoms with Crippen molar-refractivity contribution in [3.05, 3.63) is 12.7 Å². The third kappa shape index (κ3) is 5.56. The van der Waals surface area contributed by atoms with E-state index in [1.807, 2.05) is 0 Å². The Hall–Kier alpha value is -0.880. The Balaban J connectivity index is 4.02. The highest BCUT2D eigenvalue weighted by Crippen LogP contribution is 1.92. The number of carboxylic acids is 1. The van der Waals surface area contributed by atoms with Crippen LogP contribution in [0.25, 0.3) is 0 Å². The lowest BCUT2D eigenvalue weighted by Gasteiger charge is -1.97. The summed E-state index contributed by atoms with van der Waals surface area (Å²) in [6, 6.07) is 0.